The lowest BCUT2D eigenvalue weighted by molar-refractivity contribution is -0.146. The topological polar surface area (TPSA) is 46.5 Å². The number of ether oxygens (including phenoxy) is 1. The summed E-state index contributed by atoms with van der Waals surface area (Å²) < 4.78 is 5.41. The van der Waals surface area contributed by atoms with E-state index in [0.29, 0.717) is 13.0 Å². The number of carboxylic acids is 1. The van der Waals surface area contributed by atoms with Gasteiger partial charge >= 0.3 is 5.97 Å². The highest BCUT2D eigenvalue weighted by atomic mass is 16.5. The lowest BCUT2D eigenvalue weighted by Gasteiger charge is -2.34. The van der Waals surface area contributed by atoms with Gasteiger partial charge < -0.3 is 9.84 Å². The molecule has 1 aromatic rings. The van der Waals surface area contributed by atoms with Crippen molar-refractivity contribution in [3.05, 3.63) is 29.8 Å². The summed E-state index contributed by atoms with van der Waals surface area (Å²) in [6, 6.07) is 7.48. The summed E-state index contributed by atoms with van der Waals surface area (Å²) in [5.41, 5.74) is 0.0553. The van der Waals surface area contributed by atoms with E-state index in [1.165, 1.54) is 0 Å². The molecule has 3 nitrogen and oxygen atoms in total. The third-order valence-corrected chi connectivity index (χ3v) is 3.69. The van der Waals surface area contributed by atoms with Gasteiger partial charge in [0, 0.05) is 0 Å². The molecule has 1 N–H and O–H groups in total. The number of rotatable bonds is 7. The van der Waals surface area contributed by atoms with Crippen molar-refractivity contribution in [2.75, 3.05) is 6.61 Å². The molecule has 0 heterocycles. The molecule has 19 heavy (non-hydrogen) atoms. The molecule has 3 heteroatoms. The largest absolute Gasteiger partial charge is 0.494 e. The van der Waals surface area contributed by atoms with Crippen LogP contribution >= 0.6 is 0 Å². The quantitative estimate of drug-likeness (QED) is 0.813. The number of hydrogen-bond donors (Lipinski definition) is 1. The molecule has 0 spiro atoms. The van der Waals surface area contributed by atoms with Gasteiger partial charge in [-0.3, -0.25) is 4.79 Å². The highest BCUT2D eigenvalue weighted by molar-refractivity contribution is 5.81. The highest BCUT2D eigenvalue weighted by Crippen LogP contribution is 2.38. The maximum atomic E-state index is 11.8. The molecule has 0 amide bonds. The fourth-order valence-electron chi connectivity index (χ4n) is 2.65. The van der Waals surface area contributed by atoms with Gasteiger partial charge in [-0.1, -0.05) is 39.3 Å². The molecule has 0 fully saturated rings. The normalized spacial score (nSPS) is 14.2. The minimum Gasteiger partial charge on any atom is -0.494 e. The van der Waals surface area contributed by atoms with E-state index in [2.05, 4.69) is 0 Å². The fraction of sp³-hybridized carbons (Fsp3) is 0.562. The van der Waals surface area contributed by atoms with Crippen molar-refractivity contribution in [2.45, 2.75) is 46.0 Å². The van der Waals surface area contributed by atoms with E-state index in [1.807, 2.05) is 52.0 Å². The fourth-order valence-corrected chi connectivity index (χ4v) is 2.65. The van der Waals surface area contributed by atoms with Crippen LogP contribution in [-0.4, -0.2) is 17.7 Å². The smallest absolute Gasteiger partial charge is 0.314 e. The molecule has 0 radical (unpaired) electrons. The second kappa shape index (κ2) is 6.60. The molecule has 1 unspecified atom stereocenters. The lowest BCUT2D eigenvalue weighted by atomic mass is 9.69. The third kappa shape index (κ3) is 3.09. The first kappa shape index (κ1) is 15.5. The van der Waals surface area contributed by atoms with Crippen LogP contribution in [0.4, 0.5) is 0 Å². The molecule has 106 valence electrons. The first-order chi connectivity index (χ1) is 8.98. The van der Waals surface area contributed by atoms with Crippen LogP contribution in [0.3, 0.4) is 0 Å². The SMILES string of the molecule is CCCC(C(=O)O)(c1ccc(OCC)cc1)C(C)C. The second-order valence-corrected chi connectivity index (χ2v) is 5.14. The predicted molar refractivity (Wildman–Crippen MR) is 76.7 cm³/mol. The van der Waals surface area contributed by atoms with E-state index in [1.54, 1.807) is 0 Å². The van der Waals surface area contributed by atoms with Crippen LogP contribution in [0.15, 0.2) is 24.3 Å². The minimum atomic E-state index is -0.806. The average molecular weight is 264 g/mol. The zero-order valence-corrected chi connectivity index (χ0v) is 12.3. The molecule has 0 bridgehead atoms. The standard InChI is InChI=1S/C16H24O3/c1-5-11-16(12(3)4,15(17)18)13-7-9-14(10-8-13)19-6-2/h7-10,12H,5-6,11H2,1-4H3,(H,17,18). The zero-order chi connectivity index (χ0) is 14.5. The molecule has 1 aromatic carbocycles. The van der Waals surface area contributed by atoms with Crippen molar-refractivity contribution in [2.24, 2.45) is 5.92 Å². The summed E-state index contributed by atoms with van der Waals surface area (Å²) in [6.07, 6.45) is 1.49. The van der Waals surface area contributed by atoms with Crippen LogP contribution in [0, 0.1) is 5.92 Å². The Bertz CT molecular complexity index is 409. The van der Waals surface area contributed by atoms with Gasteiger partial charge in [-0.05, 0) is 37.0 Å². The van der Waals surface area contributed by atoms with E-state index in [9.17, 15) is 9.90 Å². The van der Waals surface area contributed by atoms with Gasteiger partial charge in [-0.15, -0.1) is 0 Å². The Balaban J connectivity index is 3.20. The predicted octanol–water partition coefficient (Wildman–Crippen LogP) is 3.86. The summed E-state index contributed by atoms with van der Waals surface area (Å²) in [5.74, 6) is 0.0854. The molecule has 1 atom stereocenters. The minimum absolute atomic E-state index is 0.0443. The molecule has 1 rings (SSSR count). The van der Waals surface area contributed by atoms with Crippen LogP contribution < -0.4 is 4.74 Å². The number of aliphatic carboxylic acids is 1. The van der Waals surface area contributed by atoms with Crippen molar-refractivity contribution in [3.8, 4) is 5.75 Å². The first-order valence-corrected chi connectivity index (χ1v) is 6.95. The van der Waals surface area contributed by atoms with Crippen molar-refractivity contribution in [1.82, 2.24) is 0 Å². The molecule has 0 aromatic heterocycles. The van der Waals surface area contributed by atoms with Gasteiger partial charge in [0.25, 0.3) is 0 Å². The molecule has 0 aliphatic heterocycles. The van der Waals surface area contributed by atoms with E-state index in [0.717, 1.165) is 17.7 Å². The van der Waals surface area contributed by atoms with Gasteiger partial charge in [0.1, 0.15) is 5.75 Å². The summed E-state index contributed by atoms with van der Waals surface area (Å²) >= 11 is 0. The van der Waals surface area contributed by atoms with E-state index in [4.69, 9.17) is 4.74 Å². The van der Waals surface area contributed by atoms with E-state index < -0.39 is 11.4 Å². The summed E-state index contributed by atoms with van der Waals surface area (Å²) in [4.78, 5) is 11.8. The maximum Gasteiger partial charge on any atom is 0.314 e. The first-order valence-electron chi connectivity index (χ1n) is 6.95. The summed E-state index contributed by atoms with van der Waals surface area (Å²) in [6.45, 7) is 8.51. The Morgan fingerprint density at radius 1 is 1.26 bits per heavy atom. The van der Waals surface area contributed by atoms with E-state index in [-0.39, 0.29) is 5.92 Å². The third-order valence-electron chi connectivity index (χ3n) is 3.69. The number of benzene rings is 1. The maximum absolute atomic E-state index is 11.8. The lowest BCUT2D eigenvalue weighted by Crippen LogP contribution is -2.40. The Morgan fingerprint density at radius 2 is 1.84 bits per heavy atom. The number of carboxylic acid groups (broad SMARTS) is 1. The molecule has 0 aliphatic carbocycles. The molecule has 0 saturated heterocycles. The molecule has 0 aliphatic rings. The van der Waals surface area contributed by atoms with Crippen LogP contribution in [0.25, 0.3) is 0 Å². The van der Waals surface area contributed by atoms with Crippen LogP contribution in [0.2, 0.25) is 0 Å². The highest BCUT2D eigenvalue weighted by Gasteiger charge is 2.42. The van der Waals surface area contributed by atoms with Gasteiger partial charge in [-0.2, -0.15) is 0 Å². The Labute approximate surface area is 115 Å². The molecule has 0 saturated carbocycles. The molecular weight excluding hydrogens is 240 g/mol. The van der Waals surface area contributed by atoms with Gasteiger partial charge in [0.2, 0.25) is 0 Å². The Morgan fingerprint density at radius 3 is 2.21 bits per heavy atom. The average Bonchev–Trinajstić information content (AvgIpc) is 2.36. The van der Waals surface area contributed by atoms with Crippen molar-refractivity contribution < 1.29 is 14.6 Å². The van der Waals surface area contributed by atoms with Crippen molar-refractivity contribution >= 4 is 5.97 Å². The van der Waals surface area contributed by atoms with Crippen LogP contribution in [0.1, 0.15) is 46.1 Å². The summed E-state index contributed by atoms with van der Waals surface area (Å²) in [7, 11) is 0. The van der Waals surface area contributed by atoms with Crippen molar-refractivity contribution in [3.63, 3.8) is 0 Å². The van der Waals surface area contributed by atoms with E-state index >= 15 is 0 Å². The Hall–Kier alpha value is -1.51. The van der Waals surface area contributed by atoms with Gasteiger partial charge in [0.05, 0.1) is 12.0 Å². The van der Waals surface area contributed by atoms with Crippen molar-refractivity contribution in [1.29, 1.82) is 0 Å². The summed E-state index contributed by atoms with van der Waals surface area (Å²) in [5, 5.41) is 9.72. The zero-order valence-electron chi connectivity index (χ0n) is 12.3. The second-order valence-electron chi connectivity index (χ2n) is 5.14. The van der Waals surface area contributed by atoms with Gasteiger partial charge in [-0.25, -0.2) is 0 Å². The molecular formula is C16H24O3. The van der Waals surface area contributed by atoms with Crippen LogP contribution in [-0.2, 0) is 10.2 Å². The number of carbonyl (C=O) groups is 1. The monoisotopic (exact) mass is 264 g/mol. The Kier molecular flexibility index (Phi) is 5.40. The number of hydrogen-bond acceptors (Lipinski definition) is 2. The van der Waals surface area contributed by atoms with Gasteiger partial charge in [0.15, 0.2) is 0 Å². The van der Waals surface area contributed by atoms with Crippen LogP contribution in [0.5, 0.6) is 5.75 Å².